The second-order valence-corrected chi connectivity index (χ2v) is 4.14. The highest BCUT2D eigenvalue weighted by Gasteiger charge is 2.07. The summed E-state index contributed by atoms with van der Waals surface area (Å²) in [6.45, 7) is 1.52. The number of halogens is 1. The first-order chi connectivity index (χ1) is 8.99. The summed E-state index contributed by atoms with van der Waals surface area (Å²) < 4.78 is 9.68. The van der Waals surface area contributed by atoms with Crippen LogP contribution in [-0.2, 0) is 14.3 Å². The van der Waals surface area contributed by atoms with Gasteiger partial charge in [-0.05, 0) is 31.2 Å². The molecule has 6 heteroatoms. The van der Waals surface area contributed by atoms with Crippen molar-refractivity contribution < 1.29 is 19.1 Å². The highest BCUT2D eigenvalue weighted by Crippen LogP contribution is 2.10. The van der Waals surface area contributed by atoms with E-state index in [9.17, 15) is 9.59 Å². The Morgan fingerprint density at radius 3 is 2.37 bits per heavy atom. The minimum absolute atomic E-state index is 0.0232. The van der Waals surface area contributed by atoms with Gasteiger partial charge in [-0.3, -0.25) is 0 Å². The molecule has 5 nitrogen and oxygen atoms in total. The van der Waals surface area contributed by atoms with Crippen molar-refractivity contribution in [2.45, 2.75) is 6.92 Å². The zero-order valence-electron chi connectivity index (χ0n) is 10.4. The van der Waals surface area contributed by atoms with Crippen molar-refractivity contribution in [2.75, 3.05) is 13.2 Å². The summed E-state index contributed by atoms with van der Waals surface area (Å²) in [7, 11) is 0. The van der Waals surface area contributed by atoms with Crippen molar-refractivity contribution >= 4 is 23.5 Å². The van der Waals surface area contributed by atoms with E-state index in [1.165, 1.54) is 0 Å². The molecule has 0 saturated carbocycles. The van der Waals surface area contributed by atoms with E-state index >= 15 is 0 Å². The molecule has 0 fully saturated rings. The van der Waals surface area contributed by atoms with Crippen LogP contribution in [0.5, 0.6) is 0 Å². The number of carbonyl (C=O) groups is 2. The van der Waals surface area contributed by atoms with Gasteiger partial charge in [0.1, 0.15) is 13.2 Å². The summed E-state index contributed by atoms with van der Waals surface area (Å²) in [5.74, 6) is -1.07. The van der Waals surface area contributed by atoms with Crippen LogP contribution in [0.3, 0.4) is 0 Å². The quantitative estimate of drug-likeness (QED) is 0.507. The molecule has 2 N–H and O–H groups in total. The van der Waals surface area contributed by atoms with Crippen LogP contribution in [0.15, 0.2) is 36.0 Å². The molecule has 0 spiro atoms. The van der Waals surface area contributed by atoms with Crippen LogP contribution in [0.4, 0.5) is 0 Å². The van der Waals surface area contributed by atoms with E-state index in [4.69, 9.17) is 26.8 Å². The van der Waals surface area contributed by atoms with Gasteiger partial charge in [0.15, 0.2) is 0 Å². The Balaban J connectivity index is 2.30. The smallest absolute Gasteiger partial charge is 0.338 e. The zero-order chi connectivity index (χ0) is 14.3. The molecule has 0 radical (unpaired) electrons. The predicted octanol–water partition coefficient (Wildman–Crippen LogP) is 1.90. The standard InChI is InChI=1S/C13H14ClNO4/c1-9(15)8-12(16)18-6-7-19-13(17)10-2-4-11(14)5-3-10/h2-5,8H,6-7,15H2,1H3/b9-8-. The first-order valence-electron chi connectivity index (χ1n) is 5.52. The minimum Gasteiger partial charge on any atom is -0.459 e. The van der Waals surface area contributed by atoms with Crippen LogP contribution >= 0.6 is 11.6 Å². The summed E-state index contributed by atoms with van der Waals surface area (Å²) in [6.07, 6.45) is 1.15. The van der Waals surface area contributed by atoms with Crippen molar-refractivity contribution in [2.24, 2.45) is 5.73 Å². The van der Waals surface area contributed by atoms with Crippen LogP contribution in [-0.4, -0.2) is 25.2 Å². The van der Waals surface area contributed by atoms with Gasteiger partial charge in [0.05, 0.1) is 5.56 Å². The molecule has 0 aromatic heterocycles. The molecule has 0 heterocycles. The highest BCUT2D eigenvalue weighted by molar-refractivity contribution is 6.30. The van der Waals surface area contributed by atoms with Gasteiger partial charge in [0.25, 0.3) is 0 Å². The van der Waals surface area contributed by atoms with E-state index in [2.05, 4.69) is 0 Å². The lowest BCUT2D eigenvalue weighted by atomic mass is 10.2. The lowest BCUT2D eigenvalue weighted by Gasteiger charge is -2.05. The molecule has 0 saturated heterocycles. The molecule has 0 aliphatic heterocycles. The van der Waals surface area contributed by atoms with Gasteiger partial charge >= 0.3 is 11.9 Å². The monoisotopic (exact) mass is 283 g/mol. The van der Waals surface area contributed by atoms with Gasteiger partial charge < -0.3 is 15.2 Å². The third-order valence-corrected chi connectivity index (χ3v) is 2.24. The number of esters is 2. The Bertz CT molecular complexity index is 478. The fraction of sp³-hybridized carbons (Fsp3) is 0.231. The Hall–Kier alpha value is -2.01. The number of rotatable bonds is 5. The van der Waals surface area contributed by atoms with E-state index in [0.717, 1.165) is 6.08 Å². The van der Waals surface area contributed by atoms with Gasteiger partial charge in [-0.25, -0.2) is 9.59 Å². The molecule has 0 bridgehead atoms. The maximum Gasteiger partial charge on any atom is 0.338 e. The van der Waals surface area contributed by atoms with E-state index in [1.807, 2.05) is 0 Å². The number of ether oxygens (including phenoxy) is 2. The Labute approximate surface area is 115 Å². The summed E-state index contributed by atoms with van der Waals surface area (Å²) in [4.78, 5) is 22.6. The van der Waals surface area contributed by atoms with Gasteiger partial charge in [0.2, 0.25) is 0 Å². The fourth-order valence-corrected chi connectivity index (χ4v) is 1.30. The van der Waals surface area contributed by atoms with Crippen molar-refractivity contribution in [3.05, 3.63) is 46.6 Å². The number of benzene rings is 1. The Morgan fingerprint density at radius 1 is 1.21 bits per heavy atom. The second-order valence-electron chi connectivity index (χ2n) is 3.70. The number of hydrogen-bond donors (Lipinski definition) is 1. The minimum atomic E-state index is -0.567. The molecule has 19 heavy (non-hydrogen) atoms. The zero-order valence-corrected chi connectivity index (χ0v) is 11.1. The Morgan fingerprint density at radius 2 is 1.79 bits per heavy atom. The first-order valence-corrected chi connectivity index (χ1v) is 5.90. The highest BCUT2D eigenvalue weighted by atomic mass is 35.5. The number of carbonyl (C=O) groups excluding carboxylic acids is 2. The van der Waals surface area contributed by atoms with Gasteiger partial charge in [-0.2, -0.15) is 0 Å². The molecule has 0 aliphatic carbocycles. The third kappa shape index (κ3) is 5.92. The van der Waals surface area contributed by atoms with Crippen molar-refractivity contribution in [3.63, 3.8) is 0 Å². The summed E-state index contributed by atoms with van der Waals surface area (Å²) in [6, 6.07) is 6.29. The predicted molar refractivity (Wildman–Crippen MR) is 70.6 cm³/mol. The average molecular weight is 284 g/mol. The molecule has 1 rings (SSSR count). The lowest BCUT2D eigenvalue weighted by Crippen LogP contribution is -2.13. The molecule has 1 aromatic carbocycles. The number of allylic oxidation sites excluding steroid dienone is 1. The van der Waals surface area contributed by atoms with Gasteiger partial charge in [0, 0.05) is 16.8 Å². The maximum absolute atomic E-state index is 11.5. The van der Waals surface area contributed by atoms with Crippen molar-refractivity contribution in [3.8, 4) is 0 Å². The molecule has 1 aromatic rings. The third-order valence-electron chi connectivity index (χ3n) is 1.99. The molecular formula is C13H14ClNO4. The number of nitrogens with two attached hydrogens (primary N) is 1. The molecule has 0 unspecified atom stereocenters. The summed E-state index contributed by atoms with van der Waals surface area (Å²) in [5, 5.41) is 0.537. The van der Waals surface area contributed by atoms with E-state index in [-0.39, 0.29) is 13.2 Å². The molecule has 0 amide bonds. The molecular weight excluding hydrogens is 270 g/mol. The molecule has 0 aliphatic rings. The van der Waals surface area contributed by atoms with Crippen LogP contribution in [0, 0.1) is 0 Å². The van der Waals surface area contributed by atoms with Gasteiger partial charge in [-0.1, -0.05) is 11.6 Å². The van der Waals surface area contributed by atoms with Crippen LogP contribution in [0.1, 0.15) is 17.3 Å². The van der Waals surface area contributed by atoms with Gasteiger partial charge in [-0.15, -0.1) is 0 Å². The summed E-state index contributed by atoms with van der Waals surface area (Å²) >= 11 is 5.69. The first kappa shape index (κ1) is 15.0. The SMILES string of the molecule is C/C(N)=C/C(=O)OCCOC(=O)c1ccc(Cl)cc1. The summed E-state index contributed by atoms with van der Waals surface area (Å²) in [5.41, 5.74) is 6.03. The number of hydrogen-bond acceptors (Lipinski definition) is 5. The molecule has 0 atom stereocenters. The topological polar surface area (TPSA) is 78.6 Å². The average Bonchev–Trinajstić information content (AvgIpc) is 2.34. The van der Waals surface area contributed by atoms with E-state index in [1.54, 1.807) is 31.2 Å². The molecule has 102 valence electrons. The van der Waals surface area contributed by atoms with Crippen LogP contribution in [0.2, 0.25) is 5.02 Å². The van der Waals surface area contributed by atoms with Crippen molar-refractivity contribution in [1.29, 1.82) is 0 Å². The largest absolute Gasteiger partial charge is 0.459 e. The van der Waals surface area contributed by atoms with E-state index < -0.39 is 11.9 Å². The maximum atomic E-state index is 11.5. The van der Waals surface area contributed by atoms with Crippen molar-refractivity contribution in [1.82, 2.24) is 0 Å². The van der Waals surface area contributed by atoms with E-state index in [0.29, 0.717) is 16.3 Å². The van der Waals surface area contributed by atoms with Crippen LogP contribution < -0.4 is 5.73 Å². The second kappa shape index (κ2) is 7.43. The normalized spacial score (nSPS) is 10.9. The lowest BCUT2D eigenvalue weighted by molar-refractivity contribution is -0.138. The Kier molecular flexibility index (Phi) is 5.89. The van der Waals surface area contributed by atoms with Crippen LogP contribution in [0.25, 0.3) is 0 Å². The fourth-order valence-electron chi connectivity index (χ4n) is 1.17.